The van der Waals surface area contributed by atoms with Crippen LogP contribution in [0, 0.1) is 10.1 Å². The number of hydrazone groups is 1. The summed E-state index contributed by atoms with van der Waals surface area (Å²) in [6.07, 6.45) is 6.68. The van der Waals surface area contributed by atoms with E-state index >= 15 is 0 Å². The average Bonchev–Trinajstić information content (AvgIpc) is 3.40. The second kappa shape index (κ2) is 10.1. The molecule has 11 nitrogen and oxygen atoms in total. The van der Waals surface area contributed by atoms with Gasteiger partial charge >= 0.3 is 0 Å². The number of nitro benzene ring substituents is 1. The highest BCUT2D eigenvalue weighted by atomic mass is 32.2. The quantitative estimate of drug-likeness (QED) is 0.204. The Morgan fingerprint density at radius 2 is 1.86 bits per heavy atom. The van der Waals surface area contributed by atoms with Crippen LogP contribution in [-0.4, -0.2) is 36.2 Å². The number of methoxy groups -OCH3 is 1. The second-order valence-electron chi connectivity index (χ2n) is 7.17. The lowest BCUT2D eigenvalue weighted by Crippen LogP contribution is -2.15. The molecule has 0 fully saturated rings. The Hall–Kier alpha value is -4.71. The van der Waals surface area contributed by atoms with Crippen molar-refractivity contribution in [3.63, 3.8) is 0 Å². The third kappa shape index (κ3) is 5.45. The number of benzene rings is 3. The molecule has 4 aromatic rings. The molecule has 0 radical (unpaired) electrons. The van der Waals surface area contributed by atoms with Gasteiger partial charge in [0.05, 0.1) is 35.9 Å². The van der Waals surface area contributed by atoms with E-state index in [2.05, 4.69) is 20.2 Å². The van der Waals surface area contributed by atoms with Crippen LogP contribution in [0.15, 0.2) is 95.4 Å². The van der Waals surface area contributed by atoms with Crippen LogP contribution in [0.25, 0.3) is 5.69 Å². The molecule has 0 saturated heterocycles. The van der Waals surface area contributed by atoms with Crippen molar-refractivity contribution in [3.05, 3.63) is 101 Å². The van der Waals surface area contributed by atoms with Gasteiger partial charge in [-0.2, -0.15) is 5.10 Å². The summed E-state index contributed by atoms with van der Waals surface area (Å²) in [5.41, 5.74) is 4.21. The molecule has 1 heterocycles. The molecule has 0 aliphatic heterocycles. The summed E-state index contributed by atoms with van der Waals surface area (Å²) in [5.74, 6) is 0.299. The third-order valence-corrected chi connectivity index (χ3v) is 6.32. The first kappa shape index (κ1) is 23.4. The molecule has 3 aromatic carbocycles. The van der Waals surface area contributed by atoms with Crippen LogP contribution in [0.3, 0.4) is 0 Å². The van der Waals surface area contributed by atoms with E-state index in [1.807, 2.05) is 35.0 Å². The molecule has 0 spiro atoms. The number of para-hydroxylation sites is 2. The van der Waals surface area contributed by atoms with Gasteiger partial charge in [0.25, 0.3) is 15.7 Å². The van der Waals surface area contributed by atoms with Gasteiger partial charge in [-0.1, -0.05) is 24.3 Å². The number of hydrogen-bond acceptors (Lipinski definition) is 8. The average molecular weight is 493 g/mol. The van der Waals surface area contributed by atoms with E-state index in [0.29, 0.717) is 5.75 Å². The standard InChI is InChI=1S/C23H20N6O5S/c1-34-22-5-3-2-4-20(22)27-35(32,33)23-14-19(29(30)31)10-11-21(23)26-25-15-17-6-8-18(9-7-17)28-13-12-24-16-28/h2-16,26-27H,1H3/b25-15+. The number of nitro groups is 1. The number of imidazole rings is 1. The van der Waals surface area contributed by atoms with Crippen molar-refractivity contribution in [2.24, 2.45) is 5.10 Å². The van der Waals surface area contributed by atoms with E-state index in [1.165, 1.54) is 31.5 Å². The van der Waals surface area contributed by atoms with Crippen molar-refractivity contribution in [2.45, 2.75) is 4.90 Å². The van der Waals surface area contributed by atoms with E-state index in [0.717, 1.165) is 17.3 Å². The fourth-order valence-corrected chi connectivity index (χ4v) is 4.44. The summed E-state index contributed by atoms with van der Waals surface area (Å²) in [4.78, 5) is 14.3. The Labute approximate surface area is 200 Å². The first-order valence-electron chi connectivity index (χ1n) is 10.2. The monoisotopic (exact) mass is 492 g/mol. The summed E-state index contributed by atoms with van der Waals surface area (Å²) in [6, 6.07) is 17.3. The number of nitrogens with one attached hydrogen (secondary N) is 2. The zero-order valence-electron chi connectivity index (χ0n) is 18.4. The number of nitrogens with zero attached hydrogens (tertiary/aromatic N) is 4. The first-order valence-corrected chi connectivity index (χ1v) is 11.7. The van der Waals surface area contributed by atoms with Crippen molar-refractivity contribution >= 4 is 33.3 Å². The number of non-ortho nitro benzene ring substituents is 1. The molecule has 178 valence electrons. The number of ether oxygens (including phenoxy) is 1. The largest absolute Gasteiger partial charge is 0.495 e. The normalized spacial score (nSPS) is 11.3. The summed E-state index contributed by atoms with van der Waals surface area (Å²) in [6.45, 7) is 0. The Kier molecular flexibility index (Phi) is 6.73. The number of hydrogen-bond donors (Lipinski definition) is 2. The molecule has 0 unspecified atom stereocenters. The smallest absolute Gasteiger partial charge is 0.270 e. The zero-order valence-corrected chi connectivity index (χ0v) is 19.2. The Bertz CT molecular complexity index is 1470. The highest BCUT2D eigenvalue weighted by Crippen LogP contribution is 2.31. The van der Waals surface area contributed by atoms with Gasteiger partial charge in [-0.05, 0) is 35.9 Å². The van der Waals surface area contributed by atoms with Crippen molar-refractivity contribution in [3.8, 4) is 11.4 Å². The minimum Gasteiger partial charge on any atom is -0.495 e. The van der Waals surface area contributed by atoms with E-state index in [4.69, 9.17) is 4.74 Å². The van der Waals surface area contributed by atoms with Gasteiger partial charge in [0.15, 0.2) is 0 Å². The van der Waals surface area contributed by atoms with Crippen molar-refractivity contribution in [1.82, 2.24) is 9.55 Å². The molecule has 0 saturated carbocycles. The fourth-order valence-electron chi connectivity index (χ4n) is 3.19. The van der Waals surface area contributed by atoms with Gasteiger partial charge in [-0.15, -0.1) is 0 Å². The molecule has 2 N–H and O–H groups in total. The molecule has 0 amide bonds. The van der Waals surface area contributed by atoms with Crippen molar-refractivity contribution in [2.75, 3.05) is 17.3 Å². The molecule has 0 bridgehead atoms. The van der Waals surface area contributed by atoms with Gasteiger partial charge in [0.1, 0.15) is 10.6 Å². The third-order valence-electron chi connectivity index (χ3n) is 4.91. The van der Waals surface area contributed by atoms with E-state index in [9.17, 15) is 18.5 Å². The summed E-state index contributed by atoms with van der Waals surface area (Å²) >= 11 is 0. The molecule has 4 rings (SSSR count). The summed E-state index contributed by atoms with van der Waals surface area (Å²) in [5, 5.41) is 15.4. The highest BCUT2D eigenvalue weighted by molar-refractivity contribution is 7.93. The van der Waals surface area contributed by atoms with Crippen LogP contribution in [0.1, 0.15) is 5.56 Å². The van der Waals surface area contributed by atoms with Crippen LogP contribution in [0.4, 0.5) is 17.1 Å². The molecular weight excluding hydrogens is 472 g/mol. The molecule has 35 heavy (non-hydrogen) atoms. The van der Waals surface area contributed by atoms with Crippen LogP contribution in [0.5, 0.6) is 5.75 Å². The van der Waals surface area contributed by atoms with Crippen molar-refractivity contribution in [1.29, 1.82) is 0 Å². The molecule has 0 aliphatic carbocycles. The lowest BCUT2D eigenvalue weighted by molar-refractivity contribution is -0.385. The number of sulfonamides is 1. The second-order valence-corrected chi connectivity index (χ2v) is 8.83. The molecule has 0 atom stereocenters. The predicted octanol–water partition coefficient (Wildman–Crippen LogP) is 4.04. The van der Waals surface area contributed by atoms with Crippen LogP contribution in [-0.2, 0) is 10.0 Å². The SMILES string of the molecule is COc1ccccc1NS(=O)(=O)c1cc([N+](=O)[O-])ccc1N/N=C/c1ccc(-n2ccnc2)cc1. The van der Waals surface area contributed by atoms with Gasteiger partial charge in [-0.3, -0.25) is 20.3 Å². The Morgan fingerprint density at radius 1 is 1.09 bits per heavy atom. The first-order chi connectivity index (χ1) is 16.9. The lowest BCUT2D eigenvalue weighted by Gasteiger charge is -2.14. The topological polar surface area (TPSA) is 141 Å². The molecular formula is C23H20N6O5S. The Balaban J connectivity index is 1.60. The van der Waals surface area contributed by atoms with Crippen molar-refractivity contribution < 1.29 is 18.1 Å². The lowest BCUT2D eigenvalue weighted by atomic mass is 10.2. The van der Waals surface area contributed by atoms with Crippen LogP contribution in [0.2, 0.25) is 0 Å². The van der Waals surface area contributed by atoms with Crippen LogP contribution < -0.4 is 14.9 Å². The maximum atomic E-state index is 13.2. The number of anilines is 2. The van der Waals surface area contributed by atoms with Gasteiger partial charge in [0, 0.05) is 30.2 Å². The highest BCUT2D eigenvalue weighted by Gasteiger charge is 2.23. The molecule has 1 aromatic heterocycles. The minimum atomic E-state index is -4.24. The summed E-state index contributed by atoms with van der Waals surface area (Å²) in [7, 11) is -2.83. The predicted molar refractivity (Wildman–Crippen MR) is 132 cm³/mol. The van der Waals surface area contributed by atoms with Gasteiger partial charge in [-0.25, -0.2) is 13.4 Å². The minimum absolute atomic E-state index is 0.0595. The van der Waals surface area contributed by atoms with Gasteiger partial charge in [0.2, 0.25) is 0 Å². The number of aromatic nitrogens is 2. The zero-order chi connectivity index (χ0) is 24.8. The fraction of sp³-hybridized carbons (Fsp3) is 0.0435. The van der Waals surface area contributed by atoms with Crippen LogP contribution >= 0.6 is 0 Å². The van der Waals surface area contributed by atoms with E-state index < -0.39 is 14.9 Å². The summed E-state index contributed by atoms with van der Waals surface area (Å²) < 4.78 is 35.8. The maximum absolute atomic E-state index is 13.2. The molecule has 12 heteroatoms. The maximum Gasteiger partial charge on any atom is 0.270 e. The Morgan fingerprint density at radius 3 is 2.54 bits per heavy atom. The van der Waals surface area contributed by atoms with E-state index in [-0.39, 0.29) is 22.0 Å². The van der Waals surface area contributed by atoms with E-state index in [1.54, 1.807) is 30.7 Å². The van der Waals surface area contributed by atoms with Gasteiger partial charge < -0.3 is 9.30 Å². The molecule has 0 aliphatic rings. The number of rotatable bonds is 9.